The fourth-order valence-corrected chi connectivity index (χ4v) is 4.12. The fourth-order valence-electron chi connectivity index (χ4n) is 4.12. The molecule has 1 saturated heterocycles. The van der Waals surface area contributed by atoms with Crippen molar-refractivity contribution in [2.75, 3.05) is 6.61 Å². The summed E-state index contributed by atoms with van der Waals surface area (Å²) < 4.78 is 11.2. The van der Waals surface area contributed by atoms with Crippen molar-refractivity contribution in [1.29, 1.82) is 0 Å². The number of aliphatic hydroxyl groups is 1. The van der Waals surface area contributed by atoms with Crippen LogP contribution < -0.4 is 4.74 Å². The number of rotatable bonds is 9. The van der Waals surface area contributed by atoms with Crippen LogP contribution in [0.2, 0.25) is 0 Å². The fraction of sp³-hybridized carbons (Fsp3) is 0.286. The molecule has 1 aliphatic heterocycles. The second-order valence-corrected chi connectivity index (χ2v) is 8.33. The maximum Gasteiger partial charge on any atom is 0.296 e. The van der Waals surface area contributed by atoms with E-state index in [1.54, 1.807) is 30.3 Å². The number of ether oxygens (including phenoxy) is 1. The number of nitrogens with zero attached hydrogens (tertiary/aromatic N) is 1. The van der Waals surface area contributed by atoms with Gasteiger partial charge in [-0.05, 0) is 48.2 Å². The summed E-state index contributed by atoms with van der Waals surface area (Å²) in [6.07, 6.45) is 4.33. The average molecular weight is 460 g/mol. The van der Waals surface area contributed by atoms with Gasteiger partial charge < -0.3 is 19.2 Å². The zero-order chi connectivity index (χ0) is 24.1. The highest BCUT2D eigenvalue weighted by molar-refractivity contribution is 6.46. The van der Waals surface area contributed by atoms with E-state index in [1.165, 1.54) is 11.2 Å². The summed E-state index contributed by atoms with van der Waals surface area (Å²) in [5.74, 6) is -0.441. The molecule has 3 aromatic rings. The number of carbonyl (C=O) groups excluding carboxylic acids is 2. The predicted octanol–water partition coefficient (Wildman–Crippen LogP) is 5.64. The molecule has 0 bridgehead atoms. The van der Waals surface area contributed by atoms with Gasteiger partial charge in [0.05, 0.1) is 31.0 Å². The first kappa shape index (κ1) is 23.4. The molecule has 6 heteroatoms. The van der Waals surface area contributed by atoms with Gasteiger partial charge in [0.2, 0.25) is 0 Å². The lowest BCUT2D eigenvalue weighted by molar-refractivity contribution is -0.140. The van der Waals surface area contributed by atoms with Crippen molar-refractivity contribution in [3.8, 4) is 5.75 Å². The van der Waals surface area contributed by atoms with Gasteiger partial charge in [-0.2, -0.15) is 0 Å². The summed E-state index contributed by atoms with van der Waals surface area (Å²) in [5.41, 5.74) is 2.38. The molecular formula is C28H29NO5. The number of ketones is 1. The van der Waals surface area contributed by atoms with Crippen LogP contribution >= 0.6 is 0 Å². The largest absolute Gasteiger partial charge is 0.507 e. The molecular weight excluding hydrogens is 430 g/mol. The van der Waals surface area contributed by atoms with Gasteiger partial charge in [0, 0.05) is 5.56 Å². The quantitative estimate of drug-likeness (QED) is 0.194. The SMILES string of the molecule is CCCCOc1cccc(/C(O)=C2\C(=O)C(=O)N(Cc3ccco3)C2c2ccc(CC)cc2)c1. The molecule has 1 fully saturated rings. The number of unbranched alkanes of at least 4 members (excludes halogenated alkanes) is 1. The third-order valence-corrected chi connectivity index (χ3v) is 6.02. The molecule has 0 aliphatic carbocycles. The standard InChI is InChI=1S/C28H29NO5/c1-3-5-15-33-22-9-6-8-21(17-22)26(30)24-25(20-13-11-19(4-2)12-14-20)29(28(32)27(24)31)18-23-10-7-16-34-23/h6-14,16-17,25,30H,3-5,15,18H2,1-2H3/b26-24+. The van der Waals surface area contributed by atoms with Crippen molar-refractivity contribution in [2.45, 2.75) is 45.7 Å². The van der Waals surface area contributed by atoms with Gasteiger partial charge in [0.15, 0.2) is 0 Å². The number of aliphatic hydroxyl groups excluding tert-OH is 1. The summed E-state index contributed by atoms with van der Waals surface area (Å²) in [4.78, 5) is 27.7. The van der Waals surface area contributed by atoms with Gasteiger partial charge in [-0.25, -0.2) is 0 Å². The Morgan fingerprint density at radius 2 is 1.85 bits per heavy atom. The molecule has 2 aromatic carbocycles. The Hall–Kier alpha value is -3.80. The van der Waals surface area contributed by atoms with Crippen LogP contribution in [0.3, 0.4) is 0 Å². The second kappa shape index (κ2) is 10.4. The van der Waals surface area contributed by atoms with Gasteiger partial charge in [-0.1, -0.05) is 56.7 Å². The van der Waals surface area contributed by atoms with E-state index in [2.05, 4.69) is 13.8 Å². The summed E-state index contributed by atoms with van der Waals surface area (Å²) in [5, 5.41) is 11.3. The Morgan fingerprint density at radius 1 is 1.06 bits per heavy atom. The highest BCUT2D eigenvalue weighted by Crippen LogP contribution is 2.40. The molecule has 1 amide bonds. The second-order valence-electron chi connectivity index (χ2n) is 8.33. The van der Waals surface area contributed by atoms with Gasteiger partial charge in [-0.15, -0.1) is 0 Å². The lowest BCUT2D eigenvalue weighted by atomic mass is 9.94. The number of hydrogen-bond acceptors (Lipinski definition) is 5. The lowest BCUT2D eigenvalue weighted by Crippen LogP contribution is -2.29. The van der Waals surface area contributed by atoms with Crippen LogP contribution in [0.5, 0.6) is 5.75 Å². The van der Waals surface area contributed by atoms with E-state index in [0.717, 1.165) is 30.4 Å². The number of benzene rings is 2. The summed E-state index contributed by atoms with van der Waals surface area (Å²) in [7, 11) is 0. The first-order valence-electron chi connectivity index (χ1n) is 11.7. The molecule has 0 radical (unpaired) electrons. The van der Waals surface area contributed by atoms with Crippen LogP contribution in [0.4, 0.5) is 0 Å². The number of carbonyl (C=O) groups is 2. The summed E-state index contributed by atoms with van der Waals surface area (Å²) >= 11 is 0. The summed E-state index contributed by atoms with van der Waals surface area (Å²) in [6.45, 7) is 4.83. The normalized spacial score (nSPS) is 17.4. The van der Waals surface area contributed by atoms with Crippen molar-refractivity contribution in [1.82, 2.24) is 4.90 Å². The van der Waals surface area contributed by atoms with E-state index in [4.69, 9.17) is 9.15 Å². The molecule has 0 saturated carbocycles. The number of likely N-dealkylation sites (tertiary alicyclic amines) is 1. The molecule has 1 aromatic heterocycles. The summed E-state index contributed by atoms with van der Waals surface area (Å²) in [6, 6.07) is 17.5. The highest BCUT2D eigenvalue weighted by atomic mass is 16.5. The molecule has 0 spiro atoms. The molecule has 1 unspecified atom stereocenters. The number of furan rings is 1. The van der Waals surface area contributed by atoms with E-state index in [-0.39, 0.29) is 17.9 Å². The van der Waals surface area contributed by atoms with Crippen molar-refractivity contribution >= 4 is 17.4 Å². The van der Waals surface area contributed by atoms with Gasteiger partial charge >= 0.3 is 0 Å². The molecule has 1 N–H and O–H groups in total. The van der Waals surface area contributed by atoms with E-state index in [1.807, 2.05) is 30.3 Å². The average Bonchev–Trinajstić information content (AvgIpc) is 3.46. The zero-order valence-electron chi connectivity index (χ0n) is 19.5. The topological polar surface area (TPSA) is 80.0 Å². The lowest BCUT2D eigenvalue weighted by Gasteiger charge is -2.24. The van der Waals surface area contributed by atoms with Crippen LogP contribution in [-0.2, 0) is 22.6 Å². The number of aryl methyl sites for hydroxylation is 1. The van der Waals surface area contributed by atoms with Crippen LogP contribution in [0.25, 0.3) is 5.76 Å². The van der Waals surface area contributed by atoms with E-state index in [0.29, 0.717) is 23.7 Å². The third-order valence-electron chi connectivity index (χ3n) is 6.02. The van der Waals surface area contributed by atoms with Gasteiger partial charge in [-0.3, -0.25) is 9.59 Å². The molecule has 34 heavy (non-hydrogen) atoms. The van der Waals surface area contributed by atoms with Crippen LogP contribution in [0, 0.1) is 0 Å². The Kier molecular flexibility index (Phi) is 7.16. The zero-order valence-corrected chi connectivity index (χ0v) is 19.5. The molecule has 4 rings (SSSR count). The molecule has 1 atom stereocenters. The third kappa shape index (κ3) is 4.76. The minimum Gasteiger partial charge on any atom is -0.507 e. The Bertz CT molecular complexity index is 1180. The number of amides is 1. The molecule has 176 valence electrons. The highest BCUT2D eigenvalue weighted by Gasteiger charge is 2.46. The van der Waals surface area contributed by atoms with Gasteiger partial charge in [0.1, 0.15) is 17.3 Å². The maximum absolute atomic E-state index is 13.2. The Labute approximate surface area is 199 Å². The maximum atomic E-state index is 13.2. The minimum absolute atomic E-state index is 0.0616. The van der Waals surface area contributed by atoms with E-state index < -0.39 is 17.7 Å². The number of Topliss-reactive ketones (excluding diaryl/α,β-unsaturated/α-hetero) is 1. The first-order valence-corrected chi connectivity index (χ1v) is 11.7. The molecule has 6 nitrogen and oxygen atoms in total. The Morgan fingerprint density at radius 3 is 2.53 bits per heavy atom. The van der Waals surface area contributed by atoms with E-state index in [9.17, 15) is 14.7 Å². The Balaban J connectivity index is 1.77. The minimum atomic E-state index is -0.735. The van der Waals surface area contributed by atoms with Crippen molar-refractivity contribution < 1.29 is 23.8 Å². The first-order chi connectivity index (χ1) is 16.5. The van der Waals surface area contributed by atoms with Crippen LogP contribution in [0.15, 0.2) is 76.9 Å². The number of hydrogen-bond donors (Lipinski definition) is 1. The molecule has 2 heterocycles. The van der Waals surface area contributed by atoms with E-state index >= 15 is 0 Å². The van der Waals surface area contributed by atoms with Crippen LogP contribution in [0.1, 0.15) is 55.2 Å². The van der Waals surface area contributed by atoms with Crippen molar-refractivity contribution in [2.24, 2.45) is 0 Å². The van der Waals surface area contributed by atoms with Crippen molar-refractivity contribution in [3.05, 3.63) is 95.0 Å². The molecule has 1 aliphatic rings. The van der Waals surface area contributed by atoms with Gasteiger partial charge in [0.25, 0.3) is 11.7 Å². The predicted molar refractivity (Wildman–Crippen MR) is 129 cm³/mol. The van der Waals surface area contributed by atoms with Crippen LogP contribution in [-0.4, -0.2) is 28.3 Å². The smallest absolute Gasteiger partial charge is 0.296 e. The van der Waals surface area contributed by atoms with Crippen molar-refractivity contribution in [3.63, 3.8) is 0 Å². The monoisotopic (exact) mass is 459 g/mol.